The van der Waals surface area contributed by atoms with Crippen LogP contribution in [0.1, 0.15) is 31.1 Å². The maximum atomic E-state index is 12.1. The molecule has 0 N–H and O–H groups in total. The van der Waals surface area contributed by atoms with Gasteiger partial charge in [0.1, 0.15) is 5.58 Å². The van der Waals surface area contributed by atoms with Gasteiger partial charge in [-0.25, -0.2) is 4.79 Å². The molecular formula is C14H14O3. The Morgan fingerprint density at radius 2 is 1.82 bits per heavy atom. The highest BCUT2D eigenvalue weighted by Gasteiger charge is 2.22. The van der Waals surface area contributed by atoms with Gasteiger partial charge in [-0.3, -0.25) is 4.79 Å². The molecule has 0 amide bonds. The van der Waals surface area contributed by atoms with Crippen molar-refractivity contribution in [2.24, 2.45) is 5.41 Å². The van der Waals surface area contributed by atoms with E-state index >= 15 is 0 Å². The van der Waals surface area contributed by atoms with Crippen LogP contribution in [-0.4, -0.2) is 5.78 Å². The molecule has 1 aromatic heterocycles. The lowest BCUT2D eigenvalue weighted by atomic mass is 9.86. The monoisotopic (exact) mass is 230 g/mol. The quantitative estimate of drug-likeness (QED) is 0.559. The molecule has 0 aliphatic heterocycles. The predicted molar refractivity (Wildman–Crippen MR) is 66.3 cm³/mol. The summed E-state index contributed by atoms with van der Waals surface area (Å²) >= 11 is 0. The molecule has 0 fully saturated rings. The average molecular weight is 230 g/mol. The van der Waals surface area contributed by atoms with Crippen molar-refractivity contribution in [1.29, 1.82) is 0 Å². The van der Waals surface area contributed by atoms with Crippen molar-refractivity contribution in [1.82, 2.24) is 0 Å². The summed E-state index contributed by atoms with van der Waals surface area (Å²) in [5.41, 5.74) is 0.345. The van der Waals surface area contributed by atoms with Gasteiger partial charge >= 0.3 is 5.63 Å². The van der Waals surface area contributed by atoms with Gasteiger partial charge in [0.15, 0.2) is 5.78 Å². The molecule has 17 heavy (non-hydrogen) atoms. The van der Waals surface area contributed by atoms with E-state index in [0.29, 0.717) is 11.1 Å². The summed E-state index contributed by atoms with van der Waals surface area (Å²) in [7, 11) is 0. The molecular weight excluding hydrogens is 216 g/mol. The maximum Gasteiger partial charge on any atom is 0.336 e. The van der Waals surface area contributed by atoms with E-state index in [4.69, 9.17) is 4.42 Å². The molecule has 0 aliphatic carbocycles. The largest absolute Gasteiger partial charge is 0.423 e. The van der Waals surface area contributed by atoms with E-state index in [2.05, 4.69) is 0 Å². The van der Waals surface area contributed by atoms with Gasteiger partial charge in [0.25, 0.3) is 0 Å². The summed E-state index contributed by atoms with van der Waals surface area (Å²) < 4.78 is 5.02. The van der Waals surface area contributed by atoms with Crippen molar-refractivity contribution in [3.05, 3.63) is 46.3 Å². The zero-order valence-electron chi connectivity index (χ0n) is 10.1. The Bertz CT molecular complexity index is 630. The van der Waals surface area contributed by atoms with Crippen molar-refractivity contribution in [2.75, 3.05) is 0 Å². The van der Waals surface area contributed by atoms with Crippen LogP contribution in [0.4, 0.5) is 0 Å². The Hall–Kier alpha value is -1.90. The second-order valence-electron chi connectivity index (χ2n) is 5.09. The van der Waals surface area contributed by atoms with Crippen LogP contribution >= 0.6 is 0 Å². The number of carbonyl (C=O) groups is 1. The molecule has 0 unspecified atom stereocenters. The molecule has 0 bridgehead atoms. The van der Waals surface area contributed by atoms with Crippen molar-refractivity contribution in [3.63, 3.8) is 0 Å². The van der Waals surface area contributed by atoms with Crippen LogP contribution in [0, 0.1) is 5.41 Å². The molecule has 0 saturated carbocycles. The summed E-state index contributed by atoms with van der Waals surface area (Å²) in [4.78, 5) is 23.1. The van der Waals surface area contributed by atoms with E-state index in [1.807, 2.05) is 20.8 Å². The van der Waals surface area contributed by atoms with Crippen molar-refractivity contribution in [2.45, 2.75) is 20.8 Å². The van der Waals surface area contributed by atoms with Gasteiger partial charge in [-0.1, -0.05) is 20.8 Å². The fourth-order valence-corrected chi connectivity index (χ4v) is 1.65. The van der Waals surface area contributed by atoms with E-state index in [-0.39, 0.29) is 11.4 Å². The lowest BCUT2D eigenvalue weighted by molar-refractivity contribution is 0.0858. The lowest BCUT2D eigenvalue weighted by Gasteiger charge is -2.16. The highest BCUT2D eigenvalue weighted by molar-refractivity contribution is 6.02. The van der Waals surface area contributed by atoms with Crippen molar-refractivity contribution < 1.29 is 9.21 Å². The summed E-state index contributed by atoms with van der Waals surface area (Å²) in [6.07, 6.45) is 0. The number of hydrogen-bond acceptors (Lipinski definition) is 3. The molecule has 2 rings (SSSR count). The summed E-state index contributed by atoms with van der Waals surface area (Å²) in [5.74, 6) is 0.0746. The third-order valence-corrected chi connectivity index (χ3v) is 2.56. The van der Waals surface area contributed by atoms with Crippen LogP contribution in [0.3, 0.4) is 0 Å². The number of fused-ring (bicyclic) bond motifs is 1. The Morgan fingerprint density at radius 3 is 2.47 bits per heavy atom. The first kappa shape index (κ1) is 11.6. The van der Waals surface area contributed by atoms with Gasteiger partial charge in [0.2, 0.25) is 0 Å². The predicted octanol–water partition coefficient (Wildman–Crippen LogP) is 3.02. The second kappa shape index (κ2) is 3.84. The third-order valence-electron chi connectivity index (χ3n) is 2.56. The highest BCUT2D eigenvalue weighted by atomic mass is 16.4. The van der Waals surface area contributed by atoms with E-state index in [1.54, 1.807) is 24.3 Å². The molecule has 2 aromatic rings. The topological polar surface area (TPSA) is 47.3 Å². The third kappa shape index (κ3) is 2.28. The molecule has 0 saturated heterocycles. The number of ketones is 1. The first-order valence-electron chi connectivity index (χ1n) is 5.47. The van der Waals surface area contributed by atoms with E-state index < -0.39 is 5.41 Å². The highest BCUT2D eigenvalue weighted by Crippen LogP contribution is 2.23. The maximum absolute atomic E-state index is 12.1. The minimum atomic E-state index is -0.413. The average Bonchev–Trinajstić information content (AvgIpc) is 2.26. The van der Waals surface area contributed by atoms with Crippen molar-refractivity contribution >= 4 is 16.8 Å². The van der Waals surface area contributed by atoms with Crippen LogP contribution in [-0.2, 0) is 0 Å². The van der Waals surface area contributed by atoms with Crippen LogP contribution in [0.5, 0.6) is 0 Å². The zero-order chi connectivity index (χ0) is 12.6. The minimum Gasteiger partial charge on any atom is -0.423 e. The SMILES string of the molecule is CC(C)(C)C(=O)c1ccc2oc(=O)ccc2c1. The first-order chi connectivity index (χ1) is 7.88. The van der Waals surface area contributed by atoms with E-state index in [0.717, 1.165) is 5.39 Å². The molecule has 3 nitrogen and oxygen atoms in total. The van der Waals surface area contributed by atoms with Gasteiger partial charge in [-0.2, -0.15) is 0 Å². The Kier molecular flexibility index (Phi) is 2.62. The van der Waals surface area contributed by atoms with Gasteiger partial charge in [0.05, 0.1) is 0 Å². The number of Topliss-reactive ketones (excluding diaryl/α,β-unsaturated/α-hetero) is 1. The van der Waals surface area contributed by atoms with Crippen molar-refractivity contribution in [3.8, 4) is 0 Å². The Balaban J connectivity index is 2.56. The van der Waals surface area contributed by atoms with Crippen LogP contribution < -0.4 is 5.63 Å². The number of rotatable bonds is 1. The van der Waals surface area contributed by atoms with Crippen LogP contribution in [0.25, 0.3) is 11.0 Å². The number of hydrogen-bond donors (Lipinski definition) is 0. The lowest BCUT2D eigenvalue weighted by Crippen LogP contribution is -2.20. The fourth-order valence-electron chi connectivity index (χ4n) is 1.65. The fraction of sp³-hybridized carbons (Fsp3) is 0.286. The zero-order valence-corrected chi connectivity index (χ0v) is 10.1. The molecule has 88 valence electrons. The van der Waals surface area contributed by atoms with Gasteiger partial charge < -0.3 is 4.42 Å². The van der Waals surface area contributed by atoms with Gasteiger partial charge in [-0.05, 0) is 24.3 Å². The van der Waals surface area contributed by atoms with Crippen LogP contribution in [0.2, 0.25) is 0 Å². The standard InChI is InChI=1S/C14H14O3/c1-14(2,3)13(16)10-4-6-11-9(8-10)5-7-12(15)17-11/h4-8H,1-3H3. The molecule has 0 aliphatic rings. The molecule has 1 aromatic carbocycles. The summed E-state index contributed by atoms with van der Waals surface area (Å²) in [6, 6.07) is 8.13. The van der Waals surface area contributed by atoms with Gasteiger partial charge in [-0.15, -0.1) is 0 Å². The molecule has 0 atom stereocenters. The first-order valence-corrected chi connectivity index (χ1v) is 5.47. The summed E-state index contributed by atoms with van der Waals surface area (Å²) in [5, 5.41) is 0.764. The normalized spacial score (nSPS) is 11.7. The minimum absolute atomic E-state index is 0.0746. The molecule has 1 heterocycles. The molecule has 3 heteroatoms. The second-order valence-corrected chi connectivity index (χ2v) is 5.09. The van der Waals surface area contributed by atoms with E-state index in [9.17, 15) is 9.59 Å². The van der Waals surface area contributed by atoms with Crippen LogP contribution in [0.15, 0.2) is 39.5 Å². The Morgan fingerprint density at radius 1 is 1.12 bits per heavy atom. The molecule has 0 radical (unpaired) electrons. The number of benzene rings is 1. The van der Waals surface area contributed by atoms with E-state index in [1.165, 1.54) is 6.07 Å². The molecule has 0 spiro atoms. The summed E-state index contributed by atoms with van der Waals surface area (Å²) in [6.45, 7) is 5.64. The smallest absolute Gasteiger partial charge is 0.336 e. The van der Waals surface area contributed by atoms with Gasteiger partial charge in [0, 0.05) is 22.4 Å². The Labute approximate surface area is 99.1 Å². The number of carbonyl (C=O) groups excluding carboxylic acids is 1.